The highest BCUT2D eigenvalue weighted by molar-refractivity contribution is 5.96. The van der Waals surface area contributed by atoms with E-state index in [0.717, 1.165) is 40.6 Å². The van der Waals surface area contributed by atoms with Crippen molar-refractivity contribution in [3.05, 3.63) is 34.5 Å². The molecule has 0 saturated heterocycles. The SMILES string of the molecule is CCc1cc(C(=O)O)cc2c(CCCO)c(C)[nH]c12. The van der Waals surface area contributed by atoms with Crippen LogP contribution in [0.5, 0.6) is 0 Å². The lowest BCUT2D eigenvalue weighted by Crippen LogP contribution is -1.98. The van der Waals surface area contributed by atoms with Crippen LogP contribution in [0, 0.1) is 6.92 Å². The van der Waals surface area contributed by atoms with Gasteiger partial charge in [-0.3, -0.25) is 0 Å². The lowest BCUT2D eigenvalue weighted by molar-refractivity contribution is 0.0697. The number of aromatic carboxylic acids is 1. The van der Waals surface area contributed by atoms with Crippen LogP contribution in [-0.2, 0) is 12.8 Å². The van der Waals surface area contributed by atoms with Crippen molar-refractivity contribution in [2.24, 2.45) is 0 Å². The van der Waals surface area contributed by atoms with Crippen LogP contribution in [0.15, 0.2) is 12.1 Å². The Bertz CT molecular complexity index is 613. The van der Waals surface area contributed by atoms with Crippen molar-refractivity contribution < 1.29 is 15.0 Å². The fourth-order valence-electron chi connectivity index (χ4n) is 2.53. The number of benzene rings is 1. The summed E-state index contributed by atoms with van der Waals surface area (Å²) in [5.41, 5.74) is 4.54. The number of hydrogen-bond acceptors (Lipinski definition) is 2. The molecule has 0 radical (unpaired) electrons. The predicted octanol–water partition coefficient (Wildman–Crippen LogP) is 2.66. The maximum atomic E-state index is 11.2. The van der Waals surface area contributed by atoms with Crippen LogP contribution in [0.2, 0.25) is 0 Å². The standard InChI is InChI=1S/C15H19NO3/c1-3-10-7-11(15(18)19)8-13-12(5-4-6-17)9(2)16-14(10)13/h7-8,16-17H,3-6H2,1-2H3,(H,18,19). The second-order valence-corrected chi connectivity index (χ2v) is 4.77. The molecule has 0 fully saturated rings. The van der Waals surface area contributed by atoms with Crippen molar-refractivity contribution >= 4 is 16.9 Å². The molecule has 4 nitrogen and oxygen atoms in total. The number of H-pyrrole nitrogens is 1. The van der Waals surface area contributed by atoms with E-state index in [1.54, 1.807) is 12.1 Å². The third-order valence-electron chi connectivity index (χ3n) is 3.52. The van der Waals surface area contributed by atoms with E-state index in [1.165, 1.54) is 0 Å². The summed E-state index contributed by atoms with van der Waals surface area (Å²) in [4.78, 5) is 14.5. The van der Waals surface area contributed by atoms with Crippen molar-refractivity contribution in [1.29, 1.82) is 0 Å². The number of carbonyl (C=O) groups is 1. The smallest absolute Gasteiger partial charge is 0.335 e. The number of hydrogen-bond donors (Lipinski definition) is 3. The van der Waals surface area contributed by atoms with Gasteiger partial charge in [0.05, 0.1) is 5.56 Å². The highest BCUT2D eigenvalue weighted by Gasteiger charge is 2.14. The molecule has 1 heterocycles. The summed E-state index contributed by atoms with van der Waals surface area (Å²) in [5.74, 6) is -0.899. The number of aryl methyl sites for hydroxylation is 3. The fourth-order valence-corrected chi connectivity index (χ4v) is 2.53. The minimum Gasteiger partial charge on any atom is -0.478 e. The summed E-state index contributed by atoms with van der Waals surface area (Å²) in [6, 6.07) is 3.46. The molecule has 19 heavy (non-hydrogen) atoms. The molecule has 0 bridgehead atoms. The predicted molar refractivity (Wildman–Crippen MR) is 74.8 cm³/mol. The van der Waals surface area contributed by atoms with E-state index in [4.69, 9.17) is 5.11 Å². The summed E-state index contributed by atoms with van der Waals surface area (Å²) in [6.07, 6.45) is 2.23. The van der Waals surface area contributed by atoms with E-state index in [9.17, 15) is 9.90 Å². The van der Waals surface area contributed by atoms with E-state index in [0.29, 0.717) is 12.0 Å². The molecule has 0 aliphatic carbocycles. The number of fused-ring (bicyclic) bond motifs is 1. The average molecular weight is 261 g/mol. The number of aromatic amines is 1. The molecule has 1 aromatic carbocycles. The van der Waals surface area contributed by atoms with Crippen LogP contribution in [0.25, 0.3) is 10.9 Å². The Morgan fingerprint density at radius 3 is 2.68 bits per heavy atom. The quantitative estimate of drug-likeness (QED) is 0.774. The van der Waals surface area contributed by atoms with Gasteiger partial charge in [0.2, 0.25) is 0 Å². The lowest BCUT2D eigenvalue weighted by Gasteiger charge is -2.04. The molecular formula is C15H19NO3. The molecular weight excluding hydrogens is 242 g/mol. The van der Waals surface area contributed by atoms with Crippen molar-refractivity contribution in [3.8, 4) is 0 Å². The van der Waals surface area contributed by atoms with Gasteiger partial charge in [0, 0.05) is 23.2 Å². The number of aliphatic hydroxyl groups excluding tert-OH is 1. The zero-order valence-electron chi connectivity index (χ0n) is 11.3. The summed E-state index contributed by atoms with van der Waals surface area (Å²) < 4.78 is 0. The Balaban J connectivity index is 2.65. The molecule has 3 N–H and O–H groups in total. The second kappa shape index (κ2) is 5.45. The van der Waals surface area contributed by atoms with Crippen LogP contribution in [0.3, 0.4) is 0 Å². The first-order valence-electron chi connectivity index (χ1n) is 6.56. The normalized spacial score (nSPS) is 11.1. The molecule has 4 heteroatoms. The lowest BCUT2D eigenvalue weighted by atomic mass is 10.00. The number of aromatic nitrogens is 1. The molecule has 1 aromatic heterocycles. The largest absolute Gasteiger partial charge is 0.478 e. The minimum atomic E-state index is -0.899. The maximum absolute atomic E-state index is 11.2. The van der Waals surface area contributed by atoms with E-state index in [2.05, 4.69) is 4.98 Å². The fraction of sp³-hybridized carbons (Fsp3) is 0.400. The van der Waals surface area contributed by atoms with E-state index in [1.807, 2.05) is 13.8 Å². The van der Waals surface area contributed by atoms with Gasteiger partial charge in [-0.15, -0.1) is 0 Å². The second-order valence-electron chi connectivity index (χ2n) is 4.77. The molecule has 0 amide bonds. The molecule has 2 rings (SSSR count). The van der Waals surface area contributed by atoms with Gasteiger partial charge >= 0.3 is 5.97 Å². The highest BCUT2D eigenvalue weighted by atomic mass is 16.4. The summed E-state index contributed by atoms with van der Waals surface area (Å²) in [5, 5.41) is 19.1. The van der Waals surface area contributed by atoms with Gasteiger partial charge in [0.25, 0.3) is 0 Å². The minimum absolute atomic E-state index is 0.144. The van der Waals surface area contributed by atoms with Crippen molar-refractivity contribution in [3.63, 3.8) is 0 Å². The zero-order chi connectivity index (χ0) is 14.0. The van der Waals surface area contributed by atoms with Crippen molar-refractivity contribution in [1.82, 2.24) is 4.98 Å². The van der Waals surface area contributed by atoms with Gasteiger partial charge in [-0.1, -0.05) is 6.92 Å². The van der Waals surface area contributed by atoms with Crippen LogP contribution in [0.1, 0.15) is 40.5 Å². The number of aliphatic hydroxyl groups is 1. The number of carboxylic acids is 1. The molecule has 2 aromatic rings. The number of nitrogens with one attached hydrogen (secondary N) is 1. The maximum Gasteiger partial charge on any atom is 0.335 e. The zero-order valence-corrected chi connectivity index (χ0v) is 11.3. The summed E-state index contributed by atoms with van der Waals surface area (Å²) >= 11 is 0. The summed E-state index contributed by atoms with van der Waals surface area (Å²) in [6.45, 7) is 4.15. The van der Waals surface area contributed by atoms with Crippen molar-refractivity contribution in [2.45, 2.75) is 33.1 Å². The van der Waals surface area contributed by atoms with Crippen LogP contribution in [-0.4, -0.2) is 27.8 Å². The topological polar surface area (TPSA) is 73.3 Å². The van der Waals surface area contributed by atoms with Gasteiger partial charge < -0.3 is 15.2 Å². The first kappa shape index (κ1) is 13.6. The van der Waals surface area contributed by atoms with Gasteiger partial charge in [-0.05, 0) is 49.4 Å². The molecule has 0 aliphatic rings. The van der Waals surface area contributed by atoms with Crippen LogP contribution >= 0.6 is 0 Å². The number of carboxylic acid groups (broad SMARTS) is 1. The first-order valence-corrected chi connectivity index (χ1v) is 6.56. The highest BCUT2D eigenvalue weighted by Crippen LogP contribution is 2.28. The Morgan fingerprint density at radius 2 is 2.11 bits per heavy atom. The van der Waals surface area contributed by atoms with Crippen LogP contribution < -0.4 is 0 Å². The molecule has 0 spiro atoms. The Kier molecular flexibility index (Phi) is 3.90. The van der Waals surface area contributed by atoms with Crippen molar-refractivity contribution in [2.75, 3.05) is 6.61 Å². The van der Waals surface area contributed by atoms with Crippen LogP contribution in [0.4, 0.5) is 0 Å². The molecule has 0 atom stereocenters. The third kappa shape index (κ3) is 2.49. The molecule has 102 valence electrons. The monoisotopic (exact) mass is 261 g/mol. The van der Waals surface area contributed by atoms with Gasteiger partial charge in [0.1, 0.15) is 0 Å². The molecule has 0 saturated carbocycles. The number of rotatable bonds is 5. The third-order valence-corrected chi connectivity index (χ3v) is 3.52. The van der Waals surface area contributed by atoms with Gasteiger partial charge in [0.15, 0.2) is 0 Å². The Hall–Kier alpha value is -1.81. The van der Waals surface area contributed by atoms with E-state index in [-0.39, 0.29) is 6.61 Å². The summed E-state index contributed by atoms with van der Waals surface area (Å²) in [7, 11) is 0. The van der Waals surface area contributed by atoms with Gasteiger partial charge in [-0.2, -0.15) is 0 Å². The molecule has 0 aliphatic heterocycles. The Morgan fingerprint density at radius 1 is 1.37 bits per heavy atom. The van der Waals surface area contributed by atoms with Gasteiger partial charge in [-0.25, -0.2) is 4.79 Å². The average Bonchev–Trinajstić information content (AvgIpc) is 2.70. The van der Waals surface area contributed by atoms with E-state index >= 15 is 0 Å². The molecule has 0 unspecified atom stereocenters. The Labute approximate surface area is 112 Å². The van der Waals surface area contributed by atoms with E-state index < -0.39 is 5.97 Å². The first-order chi connectivity index (χ1) is 9.08.